The van der Waals surface area contributed by atoms with Gasteiger partial charge in [0.05, 0.1) is 67.3 Å². The summed E-state index contributed by atoms with van der Waals surface area (Å²) in [6.07, 6.45) is 11.0. The fraction of sp³-hybridized carbons (Fsp3) is 0. The summed E-state index contributed by atoms with van der Waals surface area (Å²) in [4.78, 5) is 59.9. The van der Waals surface area contributed by atoms with Gasteiger partial charge in [-0.2, -0.15) is 0 Å². The van der Waals surface area contributed by atoms with Crippen LogP contribution in [0.3, 0.4) is 0 Å². The third kappa shape index (κ3) is 15.4. The third-order valence-electron chi connectivity index (χ3n) is 27.2. The Hall–Kier alpha value is -19.3. The van der Waals surface area contributed by atoms with Gasteiger partial charge in [0.25, 0.3) is 0 Å². The van der Waals surface area contributed by atoms with E-state index in [4.69, 9.17) is 54.8 Å². The molecule has 0 bridgehead atoms. The fourth-order valence-electron chi connectivity index (χ4n) is 20.4. The zero-order valence-electron chi connectivity index (χ0n) is 76.6. The first-order chi connectivity index (χ1) is 70.4. The van der Waals surface area contributed by atoms with Gasteiger partial charge in [-0.1, -0.05) is 334 Å². The maximum Gasteiger partial charge on any atom is 0.164 e. The average Bonchev–Trinajstić information content (AvgIpc) is 0.735. The summed E-state index contributed by atoms with van der Waals surface area (Å²) in [6.45, 7) is 0. The molecule has 0 amide bonds. The zero-order chi connectivity index (χ0) is 93.9. The molecule has 0 N–H and O–H groups in total. The van der Waals surface area contributed by atoms with Crippen molar-refractivity contribution in [3.05, 3.63) is 486 Å². The lowest BCUT2D eigenvalue weighted by Crippen LogP contribution is -2.02. The van der Waals surface area contributed by atoms with Crippen LogP contribution in [0.4, 0.5) is 0 Å². The van der Waals surface area contributed by atoms with Crippen LogP contribution in [0.2, 0.25) is 0 Å². The third-order valence-corrected chi connectivity index (χ3v) is 27.2. The van der Waals surface area contributed by atoms with Crippen molar-refractivity contribution in [2.45, 2.75) is 0 Å². The molecule has 10 aromatic heterocycles. The number of pyridine rings is 9. The Labute approximate surface area is 816 Å². The second-order valence-electron chi connectivity index (χ2n) is 35.7. The highest BCUT2D eigenvalue weighted by Crippen LogP contribution is 2.46. The molecule has 0 atom stereocenters. The minimum atomic E-state index is 0.580. The van der Waals surface area contributed by atoms with Crippen LogP contribution in [0.1, 0.15) is 0 Å². The monoisotopic (exact) mass is 1810 g/mol. The molecule has 142 heavy (non-hydrogen) atoms. The second kappa shape index (κ2) is 35.7. The summed E-state index contributed by atoms with van der Waals surface area (Å²) in [5.41, 5.74) is 26.7. The van der Waals surface area contributed by atoms with Crippen molar-refractivity contribution in [3.8, 4) is 135 Å². The van der Waals surface area contributed by atoms with E-state index in [0.29, 0.717) is 17.5 Å². The van der Waals surface area contributed by atoms with Gasteiger partial charge in [-0.15, -0.1) is 0 Å². The highest BCUT2D eigenvalue weighted by Gasteiger charge is 2.24. The van der Waals surface area contributed by atoms with Crippen molar-refractivity contribution in [2.75, 3.05) is 0 Å². The van der Waals surface area contributed by atoms with Gasteiger partial charge >= 0.3 is 0 Å². The molecular weight excluding hydrogens is 1730 g/mol. The second-order valence-corrected chi connectivity index (χ2v) is 35.7. The van der Waals surface area contributed by atoms with Gasteiger partial charge in [0, 0.05) is 120 Å². The summed E-state index contributed by atoms with van der Waals surface area (Å²) in [7, 11) is 0. The van der Waals surface area contributed by atoms with E-state index in [1.165, 1.54) is 59.2 Å². The molecule has 0 aliphatic rings. The highest BCUT2D eigenvalue weighted by atomic mass is 15.0. The predicted octanol–water partition coefficient (Wildman–Crippen LogP) is 32.8. The number of rotatable bonds is 12. The Kier molecular flexibility index (Phi) is 21.0. The quantitative estimate of drug-likeness (QED) is 0.107. The van der Waals surface area contributed by atoms with E-state index in [1.807, 2.05) is 110 Å². The Balaban J connectivity index is 0.000000110. The van der Waals surface area contributed by atoms with Crippen molar-refractivity contribution in [3.63, 3.8) is 0 Å². The number of nitrogens with zero attached hydrogens (tertiary/aromatic N) is 12. The lowest BCUT2D eigenvalue weighted by molar-refractivity contribution is 1.08. The smallest absolute Gasteiger partial charge is 0.164 e. The van der Waals surface area contributed by atoms with Crippen molar-refractivity contribution in [2.24, 2.45) is 0 Å². The molecule has 0 aliphatic heterocycles. The minimum Gasteiger partial charge on any atom is -0.256 e. The Morgan fingerprint density at radius 1 is 0.113 bits per heavy atom. The van der Waals surface area contributed by atoms with Crippen LogP contribution in [0.5, 0.6) is 0 Å². The molecule has 0 fully saturated rings. The topological polar surface area (TPSA) is 155 Å². The Morgan fingerprint density at radius 2 is 0.430 bits per heavy atom. The first-order valence-electron chi connectivity index (χ1n) is 47.6. The van der Waals surface area contributed by atoms with E-state index in [0.717, 1.165) is 199 Å². The highest BCUT2D eigenvalue weighted by molar-refractivity contribution is 6.19. The van der Waals surface area contributed by atoms with Crippen molar-refractivity contribution >= 4 is 141 Å². The predicted molar refractivity (Wildman–Crippen MR) is 586 cm³/mol. The minimum absolute atomic E-state index is 0.580. The number of hydrogen-bond acceptors (Lipinski definition) is 12. The zero-order valence-corrected chi connectivity index (χ0v) is 76.6. The van der Waals surface area contributed by atoms with Gasteiger partial charge in [0.15, 0.2) is 17.5 Å². The molecule has 0 radical (unpaired) electrons. The van der Waals surface area contributed by atoms with E-state index in [1.54, 1.807) is 0 Å². The molecule has 0 spiro atoms. The summed E-state index contributed by atoms with van der Waals surface area (Å²) < 4.78 is 0. The SMILES string of the molecule is c1ccc(-c2ccc(-c3cc(-c4cc5cccnc5c5ncccc45)cc(-c4cc5ccccc5c5ccccc45)n3)cc2)nc1.c1ccc(-c2ccc(-c3nc(-c4cc5ccccc5c5ccccc45)nc(-c4cc5ccc(-c6ccccc6)nc5c5ncccc45)n3)cc2)cc1.c1ccc2cc(-c3cc(-c4cc5cccnc5c5ncccc45)cc(-c4cc5ccccc5c5ccccc45)n3)ccc2c1. The number of hydrogen-bond donors (Lipinski definition) is 0. The summed E-state index contributed by atoms with van der Waals surface area (Å²) >= 11 is 0. The molecule has 0 aliphatic carbocycles. The van der Waals surface area contributed by atoms with Crippen LogP contribution in [-0.4, -0.2) is 59.8 Å². The van der Waals surface area contributed by atoms with Crippen LogP contribution in [-0.2, 0) is 0 Å². The van der Waals surface area contributed by atoms with Gasteiger partial charge in [0.2, 0.25) is 0 Å². The first-order valence-corrected chi connectivity index (χ1v) is 47.6. The van der Waals surface area contributed by atoms with Crippen molar-refractivity contribution in [1.82, 2.24) is 59.8 Å². The molecule has 10 heterocycles. The summed E-state index contributed by atoms with van der Waals surface area (Å²) in [5, 5.41) is 22.8. The molecule has 18 aromatic carbocycles. The van der Waals surface area contributed by atoms with Crippen LogP contribution < -0.4 is 0 Å². The first kappa shape index (κ1) is 83.3. The van der Waals surface area contributed by atoms with Gasteiger partial charge in [-0.3, -0.25) is 29.9 Å². The van der Waals surface area contributed by atoms with Crippen LogP contribution in [0.25, 0.3) is 276 Å². The van der Waals surface area contributed by atoms with Crippen LogP contribution in [0, 0.1) is 0 Å². The van der Waals surface area contributed by atoms with Gasteiger partial charge in [-0.25, -0.2) is 29.9 Å². The van der Waals surface area contributed by atoms with E-state index in [-0.39, 0.29) is 0 Å². The van der Waals surface area contributed by atoms with Crippen molar-refractivity contribution < 1.29 is 0 Å². The lowest BCUT2D eigenvalue weighted by atomic mass is 9.92. The van der Waals surface area contributed by atoms with Gasteiger partial charge in [0.1, 0.15) is 0 Å². The Morgan fingerprint density at radius 3 is 0.951 bits per heavy atom. The number of fused-ring (bicyclic) bond motifs is 19. The summed E-state index contributed by atoms with van der Waals surface area (Å²) in [6, 6.07) is 157. The van der Waals surface area contributed by atoms with Crippen LogP contribution >= 0.6 is 0 Å². The average molecular weight is 1810 g/mol. The molecule has 12 nitrogen and oxygen atoms in total. The normalized spacial score (nSPS) is 11.5. The van der Waals surface area contributed by atoms with E-state index in [2.05, 4.69) is 381 Å². The molecule has 0 saturated carbocycles. The molecule has 660 valence electrons. The maximum absolute atomic E-state index is 5.38. The molecule has 28 rings (SSSR count). The number of aromatic nitrogens is 12. The maximum atomic E-state index is 5.38. The van der Waals surface area contributed by atoms with Gasteiger partial charge in [-0.05, 0) is 224 Å². The molecule has 28 aromatic rings. The van der Waals surface area contributed by atoms with Gasteiger partial charge < -0.3 is 0 Å². The molecule has 12 heteroatoms. The Bertz CT molecular complexity index is 9600. The molecule has 0 unspecified atom stereocenters. The van der Waals surface area contributed by atoms with Crippen LogP contribution in [0.15, 0.2) is 486 Å². The standard InChI is InChI=1S/C47H29N5.C42H26N4.C41H25N3/c1-3-12-30(13-4-1)31-21-23-33(24-22-31)45-50-46(40-28-34-16-7-8-17-36(34)37-18-9-10-19-38(37)40)52-47(51-45)41-29-35-25-26-42(32-14-5-2-6-15-32)49-43(35)44-39(41)20-11-27-48-44;1-2-11-32-29(9-1)23-37(34-13-4-3-12-33(32)34)40-26-31(36-24-30-10-7-21-44-41(30)42-35(36)14-8-22-45-42)25-39(46-40)28-18-16-27(17-19-28)38-15-5-6-20-43-38;1-2-10-27-21-29(18-17-26(27)9-1)38-24-31(36-23-30-12-7-19-42-40(30)41-35(36)16-8-20-43-41)25-39(44-38)37-22-28-11-3-4-13-32(28)33-14-5-6-15-34(33)37/h1-29H;1-26H;1-25H. The van der Waals surface area contributed by atoms with E-state index >= 15 is 0 Å². The lowest BCUT2D eigenvalue weighted by Gasteiger charge is -2.15. The van der Waals surface area contributed by atoms with E-state index < -0.39 is 0 Å². The largest absolute Gasteiger partial charge is 0.256 e. The van der Waals surface area contributed by atoms with E-state index in [9.17, 15) is 0 Å². The fourth-order valence-corrected chi connectivity index (χ4v) is 20.4. The van der Waals surface area contributed by atoms with Crippen molar-refractivity contribution in [1.29, 1.82) is 0 Å². The molecular formula is C130H80N12. The number of benzene rings is 18. The molecule has 0 saturated heterocycles. The summed E-state index contributed by atoms with van der Waals surface area (Å²) in [5.74, 6) is 1.80.